The van der Waals surface area contributed by atoms with Crippen LogP contribution in [0.3, 0.4) is 0 Å². The number of rotatable bonds is 3. The molecule has 0 radical (unpaired) electrons. The number of hydrogen-bond acceptors (Lipinski definition) is 2. The molecule has 0 aliphatic carbocycles. The monoisotopic (exact) mass is 262 g/mol. The molecule has 0 aliphatic heterocycles. The SMILES string of the molecule is C#CCN(CC)c1ccc(Br)cc1C#N. The highest BCUT2D eigenvalue weighted by Gasteiger charge is 2.08. The second-order valence-corrected chi connectivity index (χ2v) is 3.91. The van der Waals surface area contributed by atoms with Gasteiger partial charge < -0.3 is 4.90 Å². The Labute approximate surface area is 98.6 Å². The Morgan fingerprint density at radius 1 is 1.53 bits per heavy atom. The Morgan fingerprint density at radius 2 is 2.27 bits per heavy atom. The van der Waals surface area contributed by atoms with Crippen molar-refractivity contribution in [3.63, 3.8) is 0 Å². The summed E-state index contributed by atoms with van der Waals surface area (Å²) in [6.07, 6.45) is 5.28. The largest absolute Gasteiger partial charge is 0.360 e. The summed E-state index contributed by atoms with van der Waals surface area (Å²) in [7, 11) is 0. The Hall–Kier alpha value is -1.45. The van der Waals surface area contributed by atoms with E-state index in [1.165, 1.54) is 0 Å². The first-order valence-corrected chi connectivity index (χ1v) is 5.40. The van der Waals surface area contributed by atoms with Crippen molar-refractivity contribution in [3.8, 4) is 18.4 Å². The van der Waals surface area contributed by atoms with E-state index in [4.69, 9.17) is 11.7 Å². The molecule has 0 aliphatic rings. The number of nitrogens with zero attached hydrogens (tertiary/aromatic N) is 2. The first kappa shape index (κ1) is 11.6. The molecule has 0 unspecified atom stereocenters. The van der Waals surface area contributed by atoms with E-state index in [0.717, 1.165) is 16.7 Å². The van der Waals surface area contributed by atoms with Crippen molar-refractivity contribution >= 4 is 21.6 Å². The van der Waals surface area contributed by atoms with Crippen molar-refractivity contribution in [2.24, 2.45) is 0 Å². The topological polar surface area (TPSA) is 27.0 Å². The lowest BCUT2D eigenvalue weighted by Gasteiger charge is -2.21. The van der Waals surface area contributed by atoms with E-state index in [1.54, 1.807) is 6.07 Å². The third-order valence-corrected chi connectivity index (χ3v) is 2.58. The molecular weight excluding hydrogens is 252 g/mol. The predicted octanol–water partition coefficient (Wildman–Crippen LogP) is 2.78. The van der Waals surface area contributed by atoms with Crippen LogP contribution in [-0.4, -0.2) is 13.1 Å². The van der Waals surface area contributed by atoms with Crippen LogP contribution < -0.4 is 4.90 Å². The standard InChI is InChI=1S/C12H11BrN2/c1-3-7-15(4-2)12-6-5-11(13)8-10(12)9-14/h1,5-6,8H,4,7H2,2H3. The van der Waals surface area contributed by atoms with Crippen LogP contribution in [-0.2, 0) is 0 Å². The van der Waals surface area contributed by atoms with Gasteiger partial charge in [-0.3, -0.25) is 0 Å². The maximum atomic E-state index is 9.01. The van der Waals surface area contributed by atoms with Gasteiger partial charge in [0.25, 0.3) is 0 Å². The van der Waals surface area contributed by atoms with Gasteiger partial charge in [-0.05, 0) is 25.1 Å². The molecule has 1 aromatic carbocycles. The average Bonchev–Trinajstić information content (AvgIpc) is 2.26. The van der Waals surface area contributed by atoms with Gasteiger partial charge in [0.1, 0.15) is 6.07 Å². The van der Waals surface area contributed by atoms with Gasteiger partial charge in [-0.15, -0.1) is 6.42 Å². The summed E-state index contributed by atoms with van der Waals surface area (Å²) in [4.78, 5) is 1.99. The Bertz CT molecular complexity index is 426. The molecule has 1 rings (SSSR count). The Balaban J connectivity index is 3.13. The van der Waals surface area contributed by atoms with E-state index in [0.29, 0.717) is 12.1 Å². The van der Waals surface area contributed by atoms with Crippen LogP contribution in [0.4, 0.5) is 5.69 Å². The first-order valence-electron chi connectivity index (χ1n) is 4.61. The van der Waals surface area contributed by atoms with E-state index in [2.05, 4.69) is 27.9 Å². The molecule has 15 heavy (non-hydrogen) atoms. The minimum absolute atomic E-state index is 0.521. The van der Waals surface area contributed by atoms with Gasteiger partial charge >= 0.3 is 0 Å². The maximum absolute atomic E-state index is 9.01. The first-order chi connectivity index (χ1) is 7.22. The molecule has 1 aromatic rings. The van der Waals surface area contributed by atoms with Crippen molar-refractivity contribution in [3.05, 3.63) is 28.2 Å². The molecule has 0 fully saturated rings. The zero-order chi connectivity index (χ0) is 11.3. The summed E-state index contributed by atoms with van der Waals surface area (Å²) in [5, 5.41) is 9.01. The van der Waals surface area contributed by atoms with Crippen LogP contribution in [0.5, 0.6) is 0 Å². The quantitative estimate of drug-likeness (QED) is 0.784. The van der Waals surface area contributed by atoms with Crippen molar-refractivity contribution in [1.82, 2.24) is 0 Å². The van der Waals surface area contributed by atoms with Crippen LogP contribution in [0.1, 0.15) is 12.5 Å². The van der Waals surface area contributed by atoms with Crippen LogP contribution >= 0.6 is 15.9 Å². The fourth-order valence-electron chi connectivity index (χ4n) is 1.35. The summed E-state index contributed by atoms with van der Waals surface area (Å²) in [6, 6.07) is 7.79. The molecule has 0 saturated carbocycles. The van der Waals surface area contributed by atoms with E-state index >= 15 is 0 Å². The number of anilines is 1. The summed E-state index contributed by atoms with van der Waals surface area (Å²) >= 11 is 3.34. The predicted molar refractivity (Wildman–Crippen MR) is 65.6 cm³/mol. The summed E-state index contributed by atoms with van der Waals surface area (Å²) < 4.78 is 0.902. The van der Waals surface area contributed by atoms with Gasteiger partial charge in [0.15, 0.2) is 0 Å². The van der Waals surface area contributed by atoms with Gasteiger partial charge in [0.2, 0.25) is 0 Å². The number of nitriles is 1. The summed E-state index contributed by atoms with van der Waals surface area (Å²) in [5.74, 6) is 2.59. The molecule has 0 aromatic heterocycles. The number of benzene rings is 1. The third-order valence-electron chi connectivity index (χ3n) is 2.08. The molecule has 0 saturated heterocycles. The second kappa shape index (κ2) is 5.44. The van der Waals surface area contributed by atoms with E-state index in [-0.39, 0.29) is 0 Å². The smallest absolute Gasteiger partial charge is 0.101 e. The molecule has 2 nitrogen and oxygen atoms in total. The zero-order valence-electron chi connectivity index (χ0n) is 8.50. The van der Waals surface area contributed by atoms with Crippen molar-refractivity contribution in [2.45, 2.75) is 6.92 Å². The fraction of sp³-hybridized carbons (Fsp3) is 0.250. The van der Waals surface area contributed by atoms with Crippen molar-refractivity contribution in [1.29, 1.82) is 5.26 Å². The van der Waals surface area contributed by atoms with Crippen molar-refractivity contribution in [2.75, 3.05) is 18.0 Å². The van der Waals surface area contributed by atoms with Crippen LogP contribution in [0.15, 0.2) is 22.7 Å². The number of halogens is 1. The lowest BCUT2D eigenvalue weighted by Crippen LogP contribution is -2.23. The Morgan fingerprint density at radius 3 is 2.80 bits per heavy atom. The molecule has 3 heteroatoms. The average molecular weight is 263 g/mol. The molecule has 0 N–H and O–H groups in total. The van der Waals surface area contributed by atoms with Crippen LogP contribution in [0.25, 0.3) is 0 Å². The molecular formula is C12H11BrN2. The molecule has 0 bridgehead atoms. The lowest BCUT2D eigenvalue weighted by molar-refractivity contribution is 0.916. The third kappa shape index (κ3) is 2.75. The fourth-order valence-corrected chi connectivity index (χ4v) is 1.71. The maximum Gasteiger partial charge on any atom is 0.101 e. The van der Waals surface area contributed by atoms with Crippen LogP contribution in [0.2, 0.25) is 0 Å². The van der Waals surface area contributed by atoms with Gasteiger partial charge in [0, 0.05) is 11.0 Å². The van der Waals surface area contributed by atoms with Crippen molar-refractivity contribution < 1.29 is 0 Å². The summed E-state index contributed by atoms with van der Waals surface area (Å²) in [5.41, 5.74) is 1.53. The highest BCUT2D eigenvalue weighted by molar-refractivity contribution is 9.10. The molecule has 76 valence electrons. The molecule has 0 spiro atoms. The minimum atomic E-state index is 0.521. The minimum Gasteiger partial charge on any atom is -0.360 e. The van der Waals surface area contributed by atoms with Gasteiger partial charge in [-0.2, -0.15) is 5.26 Å². The van der Waals surface area contributed by atoms with Crippen LogP contribution in [0, 0.1) is 23.7 Å². The van der Waals surface area contributed by atoms with E-state index in [1.807, 2.05) is 24.0 Å². The normalized spacial score (nSPS) is 9.07. The highest BCUT2D eigenvalue weighted by Crippen LogP contribution is 2.23. The van der Waals surface area contributed by atoms with E-state index < -0.39 is 0 Å². The molecule has 0 amide bonds. The van der Waals surface area contributed by atoms with Gasteiger partial charge in [-0.25, -0.2) is 0 Å². The molecule has 0 atom stereocenters. The zero-order valence-corrected chi connectivity index (χ0v) is 10.1. The lowest BCUT2D eigenvalue weighted by atomic mass is 10.1. The summed E-state index contributed by atoms with van der Waals surface area (Å²) in [6.45, 7) is 3.33. The van der Waals surface area contributed by atoms with Gasteiger partial charge in [-0.1, -0.05) is 21.9 Å². The molecule has 0 heterocycles. The highest BCUT2D eigenvalue weighted by atomic mass is 79.9. The number of terminal acetylenes is 1. The van der Waals surface area contributed by atoms with E-state index in [9.17, 15) is 0 Å². The second-order valence-electron chi connectivity index (χ2n) is 2.99. The number of hydrogen-bond donors (Lipinski definition) is 0. The van der Waals surface area contributed by atoms with Gasteiger partial charge in [0.05, 0.1) is 17.8 Å². The Kier molecular flexibility index (Phi) is 4.21.